The van der Waals surface area contributed by atoms with E-state index in [1.54, 1.807) is 0 Å². The normalized spacial score (nSPS) is 17.7. The van der Waals surface area contributed by atoms with Gasteiger partial charge in [0.05, 0.1) is 5.56 Å². The quantitative estimate of drug-likeness (QED) is 0.778. The molecule has 2 N–H and O–H groups in total. The molecule has 2 heterocycles. The lowest BCUT2D eigenvalue weighted by molar-refractivity contribution is -0.135. The monoisotopic (exact) mass is 350 g/mol. The average Bonchev–Trinajstić information content (AvgIpc) is 3.07. The van der Waals surface area contributed by atoms with Crippen LogP contribution in [0.15, 0.2) is 18.2 Å². The molecule has 0 aromatic heterocycles. The number of carbonyl (C=O) groups excluding carboxylic acids is 3. The van der Waals surface area contributed by atoms with E-state index in [0.29, 0.717) is 31.9 Å². The Labute approximate surface area is 143 Å². The fourth-order valence-corrected chi connectivity index (χ4v) is 2.99. The summed E-state index contributed by atoms with van der Waals surface area (Å²) in [5, 5.41) is 11.5. The smallest absolute Gasteiger partial charge is 0.321 e. The van der Waals surface area contributed by atoms with Gasteiger partial charge >= 0.3 is 6.03 Å². The molecule has 2 fully saturated rings. The number of halogens is 1. The Kier molecular flexibility index (Phi) is 4.84. The third-order valence-corrected chi connectivity index (χ3v) is 4.40. The third-order valence-electron chi connectivity index (χ3n) is 4.40. The number of aliphatic hydroxyl groups is 1. The van der Waals surface area contributed by atoms with Gasteiger partial charge in [0.2, 0.25) is 5.91 Å². The summed E-state index contributed by atoms with van der Waals surface area (Å²) in [5.74, 6) is -1.52. The zero-order valence-corrected chi connectivity index (χ0v) is 13.6. The number of nitrogens with zero attached hydrogens (tertiary/aromatic N) is 3. The van der Waals surface area contributed by atoms with Crippen molar-refractivity contribution >= 4 is 23.5 Å². The molecule has 134 valence electrons. The summed E-state index contributed by atoms with van der Waals surface area (Å²) in [6, 6.07) is 3.75. The lowest BCUT2D eigenvalue weighted by Gasteiger charge is -2.34. The summed E-state index contributed by atoms with van der Waals surface area (Å²) in [6.45, 7) is 1.50. The largest absolute Gasteiger partial charge is 0.387 e. The van der Waals surface area contributed by atoms with E-state index in [2.05, 4.69) is 5.32 Å². The van der Waals surface area contributed by atoms with Crippen molar-refractivity contribution in [3.05, 3.63) is 29.6 Å². The molecule has 0 unspecified atom stereocenters. The summed E-state index contributed by atoms with van der Waals surface area (Å²) in [6.07, 6.45) is 0. The van der Waals surface area contributed by atoms with Gasteiger partial charge in [0.1, 0.15) is 12.4 Å². The Balaban J connectivity index is 1.74. The van der Waals surface area contributed by atoms with Crippen LogP contribution in [0.1, 0.15) is 10.4 Å². The van der Waals surface area contributed by atoms with Crippen LogP contribution in [-0.4, -0.2) is 78.6 Å². The second-order valence-corrected chi connectivity index (χ2v) is 5.88. The molecule has 1 aromatic carbocycles. The number of benzene rings is 1. The van der Waals surface area contributed by atoms with Crippen LogP contribution < -0.4 is 10.2 Å². The molecule has 3 rings (SSSR count). The van der Waals surface area contributed by atoms with E-state index in [-0.39, 0.29) is 30.6 Å². The van der Waals surface area contributed by atoms with Crippen molar-refractivity contribution in [3.8, 4) is 0 Å². The first kappa shape index (κ1) is 17.2. The van der Waals surface area contributed by atoms with Crippen LogP contribution in [0, 0.1) is 5.82 Å². The summed E-state index contributed by atoms with van der Waals surface area (Å²) in [7, 11) is 0. The van der Waals surface area contributed by atoms with Gasteiger partial charge in [-0.3, -0.25) is 14.5 Å². The Morgan fingerprint density at radius 3 is 2.40 bits per heavy atom. The fourth-order valence-electron chi connectivity index (χ4n) is 2.99. The van der Waals surface area contributed by atoms with Crippen LogP contribution in [0.3, 0.4) is 0 Å². The highest BCUT2D eigenvalue weighted by Crippen LogP contribution is 2.22. The highest BCUT2D eigenvalue weighted by atomic mass is 19.1. The Morgan fingerprint density at radius 2 is 1.80 bits per heavy atom. The summed E-state index contributed by atoms with van der Waals surface area (Å²) >= 11 is 0. The summed E-state index contributed by atoms with van der Waals surface area (Å²) < 4.78 is 14.2. The van der Waals surface area contributed by atoms with Gasteiger partial charge in [-0.1, -0.05) is 0 Å². The first-order valence-corrected chi connectivity index (χ1v) is 8.04. The maximum Gasteiger partial charge on any atom is 0.321 e. The molecule has 2 saturated heterocycles. The van der Waals surface area contributed by atoms with E-state index in [1.807, 2.05) is 0 Å². The number of urea groups is 1. The zero-order valence-electron chi connectivity index (χ0n) is 13.6. The molecule has 0 spiro atoms. The van der Waals surface area contributed by atoms with Crippen LogP contribution in [0.5, 0.6) is 0 Å². The molecule has 1 aromatic rings. The zero-order chi connectivity index (χ0) is 18.0. The van der Waals surface area contributed by atoms with Gasteiger partial charge in [0, 0.05) is 45.0 Å². The maximum atomic E-state index is 14.2. The topological polar surface area (TPSA) is 93.2 Å². The van der Waals surface area contributed by atoms with Crippen LogP contribution in [-0.2, 0) is 4.79 Å². The number of piperazine rings is 1. The Hall–Kier alpha value is -2.68. The van der Waals surface area contributed by atoms with Crippen molar-refractivity contribution in [2.75, 3.05) is 50.8 Å². The third kappa shape index (κ3) is 3.41. The number of nitrogens with one attached hydrogen (secondary N) is 1. The van der Waals surface area contributed by atoms with Crippen LogP contribution in [0.2, 0.25) is 0 Å². The van der Waals surface area contributed by atoms with Gasteiger partial charge < -0.3 is 20.2 Å². The molecule has 8 nitrogen and oxygen atoms in total. The molecule has 2 aliphatic heterocycles. The van der Waals surface area contributed by atoms with E-state index in [9.17, 15) is 18.8 Å². The van der Waals surface area contributed by atoms with Crippen molar-refractivity contribution in [2.45, 2.75) is 0 Å². The van der Waals surface area contributed by atoms with Gasteiger partial charge in [0.15, 0.2) is 0 Å². The number of amides is 4. The standard InChI is InChI=1S/C16H19FN4O4/c17-13-2-1-11(21-4-3-18-16(21)25)9-12(13)15(24)20-7-5-19(6-8-20)14(23)10-22/h1-2,9,22H,3-8,10H2,(H,18,25). The molecular weight excluding hydrogens is 331 g/mol. The first-order chi connectivity index (χ1) is 12.0. The minimum absolute atomic E-state index is 0.0980. The molecule has 0 atom stereocenters. The minimum atomic E-state index is -0.651. The highest BCUT2D eigenvalue weighted by Gasteiger charge is 2.28. The Bertz CT molecular complexity index is 703. The fraction of sp³-hybridized carbons (Fsp3) is 0.438. The first-order valence-electron chi connectivity index (χ1n) is 8.04. The van der Waals surface area contributed by atoms with Crippen LogP contribution >= 0.6 is 0 Å². The number of aliphatic hydroxyl groups excluding tert-OH is 1. The van der Waals surface area contributed by atoms with Crippen molar-refractivity contribution in [1.29, 1.82) is 0 Å². The van der Waals surface area contributed by atoms with Gasteiger partial charge in [-0.25, -0.2) is 9.18 Å². The van der Waals surface area contributed by atoms with Gasteiger partial charge in [-0.15, -0.1) is 0 Å². The van der Waals surface area contributed by atoms with Crippen LogP contribution in [0.4, 0.5) is 14.9 Å². The lowest BCUT2D eigenvalue weighted by atomic mass is 10.1. The van der Waals surface area contributed by atoms with Crippen molar-refractivity contribution in [2.24, 2.45) is 0 Å². The summed E-state index contributed by atoms with van der Waals surface area (Å²) in [5.41, 5.74) is 0.368. The predicted octanol–water partition coefficient (Wildman–Crippen LogP) is -0.368. The van der Waals surface area contributed by atoms with E-state index >= 15 is 0 Å². The predicted molar refractivity (Wildman–Crippen MR) is 86.7 cm³/mol. The molecular formula is C16H19FN4O4. The van der Waals surface area contributed by atoms with Gasteiger partial charge in [0.25, 0.3) is 5.91 Å². The average molecular weight is 350 g/mol. The van der Waals surface area contributed by atoms with E-state index in [4.69, 9.17) is 5.11 Å². The lowest BCUT2D eigenvalue weighted by Crippen LogP contribution is -2.51. The van der Waals surface area contributed by atoms with Gasteiger partial charge in [-0.05, 0) is 18.2 Å². The number of rotatable bonds is 3. The number of carbonyl (C=O) groups is 3. The second-order valence-electron chi connectivity index (χ2n) is 5.88. The second kappa shape index (κ2) is 7.06. The molecule has 0 aliphatic carbocycles. The molecule has 0 saturated carbocycles. The van der Waals surface area contributed by atoms with Crippen LogP contribution in [0.25, 0.3) is 0 Å². The minimum Gasteiger partial charge on any atom is -0.387 e. The molecule has 9 heteroatoms. The molecule has 0 bridgehead atoms. The van der Waals surface area contributed by atoms with Crippen molar-refractivity contribution in [1.82, 2.24) is 15.1 Å². The number of hydrogen-bond acceptors (Lipinski definition) is 4. The van der Waals surface area contributed by atoms with Gasteiger partial charge in [-0.2, -0.15) is 0 Å². The number of hydrogen-bond donors (Lipinski definition) is 2. The Morgan fingerprint density at radius 1 is 1.12 bits per heavy atom. The number of anilines is 1. The van der Waals surface area contributed by atoms with Crippen molar-refractivity contribution in [3.63, 3.8) is 0 Å². The van der Waals surface area contributed by atoms with E-state index in [1.165, 1.54) is 32.9 Å². The maximum absolute atomic E-state index is 14.2. The highest BCUT2D eigenvalue weighted by molar-refractivity contribution is 5.98. The van der Waals surface area contributed by atoms with Crippen molar-refractivity contribution < 1.29 is 23.9 Å². The van der Waals surface area contributed by atoms with E-state index in [0.717, 1.165) is 0 Å². The molecule has 0 radical (unpaired) electrons. The molecule has 25 heavy (non-hydrogen) atoms. The molecule has 4 amide bonds. The molecule has 2 aliphatic rings. The SMILES string of the molecule is O=C(CO)N1CCN(C(=O)c2cc(N3CCNC3=O)ccc2F)CC1. The summed E-state index contributed by atoms with van der Waals surface area (Å²) in [4.78, 5) is 40.2. The van der Waals surface area contributed by atoms with E-state index < -0.39 is 18.3 Å².